The molecular weight excluding hydrogens is 223 g/mol. The minimum absolute atomic E-state index is 0.252. The normalized spacial score (nSPS) is 12.7. The van der Waals surface area contributed by atoms with Crippen LogP contribution < -0.4 is 0 Å². The number of carbonyl (C=O) groups is 1. The second-order valence-corrected chi connectivity index (χ2v) is 4.38. The van der Waals surface area contributed by atoms with Crippen LogP contribution >= 0.6 is 0 Å². The molecule has 1 atom stereocenters. The Morgan fingerprint density at radius 3 is 2.41 bits per heavy atom. The summed E-state index contributed by atoms with van der Waals surface area (Å²) in [5.74, 6) is -1.04. The van der Waals surface area contributed by atoms with Crippen LogP contribution in [0, 0.1) is 11.7 Å². The lowest BCUT2D eigenvalue weighted by molar-refractivity contribution is -0.150. The van der Waals surface area contributed by atoms with E-state index in [1.54, 1.807) is 12.1 Å². The van der Waals surface area contributed by atoms with Gasteiger partial charge in [-0.3, -0.25) is 0 Å². The number of halogens is 1. The van der Waals surface area contributed by atoms with E-state index in [2.05, 4.69) is 0 Å². The highest BCUT2D eigenvalue weighted by atomic mass is 19.1. The number of rotatable bonds is 6. The summed E-state index contributed by atoms with van der Waals surface area (Å²) in [7, 11) is 0. The highest BCUT2D eigenvalue weighted by Gasteiger charge is 2.19. The summed E-state index contributed by atoms with van der Waals surface area (Å²) in [5.41, 5.74) is 0.752. The van der Waals surface area contributed by atoms with Crippen molar-refractivity contribution in [1.29, 1.82) is 0 Å². The Balaban J connectivity index is 2.60. The minimum atomic E-state index is -0.991. The number of ether oxygens (including phenoxy) is 1. The number of carboxylic acids is 1. The van der Waals surface area contributed by atoms with Gasteiger partial charge in [-0.05, 0) is 23.6 Å². The summed E-state index contributed by atoms with van der Waals surface area (Å²) < 4.78 is 18.0. The number of carboxylic acid groups (broad SMARTS) is 1. The lowest BCUT2D eigenvalue weighted by atomic mass is 10.1. The van der Waals surface area contributed by atoms with Crippen LogP contribution in [0.5, 0.6) is 0 Å². The third-order valence-corrected chi connectivity index (χ3v) is 2.24. The van der Waals surface area contributed by atoms with Crippen molar-refractivity contribution in [2.24, 2.45) is 5.92 Å². The molecular formula is C13H17FO3. The Morgan fingerprint density at radius 1 is 1.35 bits per heavy atom. The first kappa shape index (κ1) is 13.6. The van der Waals surface area contributed by atoms with E-state index in [9.17, 15) is 9.18 Å². The third kappa shape index (κ3) is 4.95. The van der Waals surface area contributed by atoms with Gasteiger partial charge >= 0.3 is 5.97 Å². The fourth-order valence-corrected chi connectivity index (χ4v) is 1.36. The van der Waals surface area contributed by atoms with Crippen molar-refractivity contribution in [3.05, 3.63) is 35.6 Å². The largest absolute Gasteiger partial charge is 0.479 e. The molecule has 0 spiro atoms. The molecule has 1 aromatic carbocycles. The maximum absolute atomic E-state index is 12.7. The number of aliphatic carboxylic acids is 1. The molecule has 0 amide bonds. The first-order valence-electron chi connectivity index (χ1n) is 5.58. The van der Waals surface area contributed by atoms with Crippen LogP contribution in [0.3, 0.4) is 0 Å². The number of hydrogen-bond acceptors (Lipinski definition) is 2. The average molecular weight is 240 g/mol. The van der Waals surface area contributed by atoms with E-state index in [0.29, 0.717) is 6.61 Å². The molecule has 1 N–H and O–H groups in total. The van der Waals surface area contributed by atoms with Gasteiger partial charge in [-0.25, -0.2) is 9.18 Å². The van der Waals surface area contributed by atoms with Gasteiger partial charge in [0.05, 0.1) is 6.61 Å². The van der Waals surface area contributed by atoms with Gasteiger partial charge in [0.1, 0.15) is 5.82 Å². The van der Waals surface area contributed by atoms with Crippen molar-refractivity contribution >= 4 is 5.97 Å². The van der Waals surface area contributed by atoms with Gasteiger partial charge in [0.25, 0.3) is 0 Å². The van der Waals surface area contributed by atoms with Crippen molar-refractivity contribution < 1.29 is 19.0 Å². The summed E-state index contributed by atoms with van der Waals surface area (Å²) in [4.78, 5) is 11.0. The molecule has 0 unspecified atom stereocenters. The van der Waals surface area contributed by atoms with Crippen molar-refractivity contribution in [1.82, 2.24) is 0 Å². The summed E-state index contributed by atoms with van der Waals surface area (Å²) in [6.07, 6.45) is -0.620. The Morgan fingerprint density at radius 2 is 1.94 bits per heavy atom. The molecule has 0 aromatic heterocycles. The quantitative estimate of drug-likeness (QED) is 0.831. The van der Waals surface area contributed by atoms with E-state index in [4.69, 9.17) is 9.84 Å². The van der Waals surface area contributed by atoms with Crippen LogP contribution in [-0.2, 0) is 16.0 Å². The summed E-state index contributed by atoms with van der Waals surface area (Å²) in [5, 5.41) is 9.00. The Kier molecular flexibility index (Phi) is 5.10. The SMILES string of the molecule is CC(C)CO[C@H](Cc1ccc(F)cc1)C(=O)O. The lowest BCUT2D eigenvalue weighted by Crippen LogP contribution is -2.28. The van der Waals surface area contributed by atoms with Gasteiger partial charge < -0.3 is 9.84 Å². The molecule has 0 saturated heterocycles. The van der Waals surface area contributed by atoms with Gasteiger partial charge in [0.2, 0.25) is 0 Å². The van der Waals surface area contributed by atoms with Crippen LogP contribution in [0.1, 0.15) is 19.4 Å². The molecule has 0 bridgehead atoms. The second-order valence-electron chi connectivity index (χ2n) is 4.38. The first-order chi connectivity index (χ1) is 7.99. The molecule has 0 radical (unpaired) electrons. The highest BCUT2D eigenvalue weighted by molar-refractivity contribution is 5.72. The van der Waals surface area contributed by atoms with Gasteiger partial charge in [-0.1, -0.05) is 26.0 Å². The first-order valence-corrected chi connectivity index (χ1v) is 5.58. The molecule has 0 aliphatic rings. The molecule has 4 heteroatoms. The number of hydrogen-bond donors (Lipinski definition) is 1. The average Bonchev–Trinajstić information content (AvgIpc) is 2.26. The maximum Gasteiger partial charge on any atom is 0.333 e. The minimum Gasteiger partial charge on any atom is -0.479 e. The van der Waals surface area contributed by atoms with Crippen molar-refractivity contribution in [3.8, 4) is 0 Å². The summed E-state index contributed by atoms with van der Waals surface area (Å²) in [6.45, 7) is 4.31. The van der Waals surface area contributed by atoms with E-state index < -0.39 is 12.1 Å². The van der Waals surface area contributed by atoms with Crippen molar-refractivity contribution in [3.63, 3.8) is 0 Å². The Labute approximate surface area is 100 Å². The molecule has 0 saturated carbocycles. The Hall–Kier alpha value is -1.42. The van der Waals surface area contributed by atoms with Crippen LogP contribution in [0.15, 0.2) is 24.3 Å². The molecule has 0 fully saturated rings. The topological polar surface area (TPSA) is 46.5 Å². The van der Waals surface area contributed by atoms with Crippen LogP contribution in [0.2, 0.25) is 0 Å². The monoisotopic (exact) mass is 240 g/mol. The van der Waals surface area contributed by atoms with Gasteiger partial charge in [-0.15, -0.1) is 0 Å². The van der Waals surface area contributed by atoms with Gasteiger partial charge in [-0.2, -0.15) is 0 Å². The summed E-state index contributed by atoms with van der Waals surface area (Å²) >= 11 is 0. The highest BCUT2D eigenvalue weighted by Crippen LogP contribution is 2.09. The third-order valence-electron chi connectivity index (χ3n) is 2.24. The zero-order chi connectivity index (χ0) is 12.8. The maximum atomic E-state index is 12.7. The van der Waals surface area contributed by atoms with E-state index in [1.165, 1.54) is 12.1 Å². The fraction of sp³-hybridized carbons (Fsp3) is 0.462. The van der Waals surface area contributed by atoms with E-state index in [0.717, 1.165) is 5.56 Å². The predicted molar refractivity (Wildman–Crippen MR) is 62.3 cm³/mol. The standard InChI is InChI=1S/C13H17FO3/c1-9(2)8-17-12(13(15)16)7-10-3-5-11(14)6-4-10/h3-6,9,12H,7-8H2,1-2H3,(H,15,16)/t12-/m1/s1. The zero-order valence-electron chi connectivity index (χ0n) is 10.0. The molecule has 1 aromatic rings. The zero-order valence-corrected chi connectivity index (χ0v) is 10.0. The fourth-order valence-electron chi connectivity index (χ4n) is 1.36. The molecule has 3 nitrogen and oxygen atoms in total. The lowest BCUT2D eigenvalue weighted by Gasteiger charge is -2.15. The molecule has 0 aliphatic carbocycles. The molecule has 94 valence electrons. The molecule has 17 heavy (non-hydrogen) atoms. The summed E-state index contributed by atoms with van der Waals surface area (Å²) in [6, 6.07) is 5.78. The van der Waals surface area contributed by atoms with E-state index in [1.807, 2.05) is 13.8 Å². The smallest absolute Gasteiger partial charge is 0.333 e. The van der Waals surface area contributed by atoms with Crippen LogP contribution in [0.25, 0.3) is 0 Å². The van der Waals surface area contributed by atoms with Gasteiger partial charge in [0.15, 0.2) is 6.10 Å². The Bertz CT molecular complexity index is 359. The van der Waals surface area contributed by atoms with Crippen molar-refractivity contribution in [2.45, 2.75) is 26.4 Å². The van der Waals surface area contributed by atoms with Crippen LogP contribution in [-0.4, -0.2) is 23.8 Å². The molecule has 1 rings (SSSR count). The molecule has 0 heterocycles. The van der Waals surface area contributed by atoms with Crippen molar-refractivity contribution in [2.75, 3.05) is 6.61 Å². The van der Waals surface area contributed by atoms with Gasteiger partial charge in [0, 0.05) is 6.42 Å². The predicted octanol–water partition coefficient (Wildman–Crippen LogP) is 2.49. The second kappa shape index (κ2) is 6.35. The van der Waals surface area contributed by atoms with Crippen LogP contribution in [0.4, 0.5) is 4.39 Å². The van der Waals surface area contributed by atoms with E-state index in [-0.39, 0.29) is 18.2 Å². The number of benzene rings is 1. The molecule has 0 aliphatic heterocycles. The van der Waals surface area contributed by atoms with E-state index >= 15 is 0 Å².